The van der Waals surface area contributed by atoms with Gasteiger partial charge >= 0.3 is 0 Å². The summed E-state index contributed by atoms with van der Waals surface area (Å²) in [6, 6.07) is 0.548. The van der Waals surface area contributed by atoms with Crippen LogP contribution in [0.25, 0.3) is 0 Å². The van der Waals surface area contributed by atoms with Crippen molar-refractivity contribution >= 4 is 16.5 Å². The van der Waals surface area contributed by atoms with E-state index in [4.69, 9.17) is 4.98 Å². The van der Waals surface area contributed by atoms with Crippen molar-refractivity contribution in [1.29, 1.82) is 0 Å². The number of nitrogens with zero attached hydrogens (tertiary/aromatic N) is 2. The first-order valence-corrected chi connectivity index (χ1v) is 8.08. The Morgan fingerprint density at radius 2 is 1.95 bits per heavy atom. The quantitative estimate of drug-likeness (QED) is 0.861. The first-order valence-electron chi connectivity index (χ1n) is 7.26. The monoisotopic (exact) mass is 283 g/mol. The van der Waals surface area contributed by atoms with Gasteiger partial charge in [-0.15, -0.1) is 11.3 Å². The maximum atomic E-state index is 4.94. The van der Waals surface area contributed by atoms with Gasteiger partial charge in [-0.1, -0.05) is 27.7 Å². The van der Waals surface area contributed by atoms with Gasteiger partial charge in [0.1, 0.15) is 0 Å². The van der Waals surface area contributed by atoms with Crippen LogP contribution >= 0.6 is 11.3 Å². The first-order chi connectivity index (χ1) is 8.85. The molecule has 0 bridgehead atoms. The van der Waals surface area contributed by atoms with Crippen LogP contribution < -0.4 is 10.2 Å². The summed E-state index contributed by atoms with van der Waals surface area (Å²) in [6.45, 7) is 15.4. The molecule has 1 heterocycles. The molecular formula is C15H29N3S. The Kier molecular flexibility index (Phi) is 5.81. The zero-order valence-electron chi connectivity index (χ0n) is 13.5. The van der Waals surface area contributed by atoms with Crippen LogP contribution in [-0.2, 0) is 12.0 Å². The minimum atomic E-state index is 0.107. The molecular weight excluding hydrogens is 254 g/mol. The third kappa shape index (κ3) is 3.93. The summed E-state index contributed by atoms with van der Waals surface area (Å²) in [5, 5.41) is 4.44. The molecule has 1 unspecified atom stereocenters. The van der Waals surface area contributed by atoms with E-state index in [2.05, 4.69) is 51.8 Å². The molecule has 0 aliphatic carbocycles. The van der Waals surface area contributed by atoms with Crippen molar-refractivity contribution in [3.05, 3.63) is 10.6 Å². The van der Waals surface area contributed by atoms with Crippen LogP contribution in [0.1, 0.15) is 58.5 Å². The average molecular weight is 283 g/mol. The fourth-order valence-corrected chi connectivity index (χ4v) is 3.63. The third-order valence-electron chi connectivity index (χ3n) is 3.44. The van der Waals surface area contributed by atoms with Gasteiger partial charge < -0.3 is 10.2 Å². The molecule has 4 heteroatoms. The van der Waals surface area contributed by atoms with Gasteiger partial charge in [-0.25, -0.2) is 4.98 Å². The summed E-state index contributed by atoms with van der Waals surface area (Å²) >= 11 is 1.84. The van der Waals surface area contributed by atoms with E-state index in [9.17, 15) is 0 Å². The minimum Gasteiger partial charge on any atom is -0.346 e. The molecule has 0 aliphatic rings. The first kappa shape index (κ1) is 16.4. The van der Waals surface area contributed by atoms with Gasteiger partial charge in [-0.3, -0.25) is 0 Å². The van der Waals surface area contributed by atoms with Crippen LogP contribution in [0.2, 0.25) is 0 Å². The van der Waals surface area contributed by atoms with Crippen LogP contribution in [-0.4, -0.2) is 24.6 Å². The average Bonchev–Trinajstić information content (AvgIpc) is 2.74. The zero-order valence-corrected chi connectivity index (χ0v) is 14.3. The van der Waals surface area contributed by atoms with Crippen LogP contribution in [0.3, 0.4) is 0 Å². The lowest BCUT2D eigenvalue weighted by Gasteiger charge is -2.26. The molecule has 0 amide bonds. The van der Waals surface area contributed by atoms with Gasteiger partial charge in [0, 0.05) is 29.4 Å². The molecule has 1 aromatic rings. The number of nitrogens with one attached hydrogen (secondary N) is 1. The summed E-state index contributed by atoms with van der Waals surface area (Å²) in [7, 11) is 2.00. The van der Waals surface area contributed by atoms with Gasteiger partial charge in [0.25, 0.3) is 0 Å². The van der Waals surface area contributed by atoms with Crippen molar-refractivity contribution in [2.24, 2.45) is 0 Å². The van der Waals surface area contributed by atoms with Gasteiger partial charge in [-0.05, 0) is 27.3 Å². The van der Waals surface area contributed by atoms with Gasteiger partial charge in [-0.2, -0.15) is 0 Å². The Morgan fingerprint density at radius 1 is 1.32 bits per heavy atom. The Hall–Kier alpha value is -0.610. The highest BCUT2D eigenvalue weighted by Gasteiger charge is 2.25. The standard InChI is InChI=1S/C15H29N3S/c1-8-11(3)18(9-2)14-17-13(15(4,5)6)12(19-14)10-16-7/h11,16H,8-10H2,1-7H3. The van der Waals surface area contributed by atoms with Gasteiger partial charge in [0.2, 0.25) is 0 Å². The Morgan fingerprint density at radius 3 is 2.37 bits per heavy atom. The third-order valence-corrected chi connectivity index (χ3v) is 4.54. The fraction of sp³-hybridized carbons (Fsp3) is 0.800. The van der Waals surface area contributed by atoms with E-state index >= 15 is 0 Å². The van der Waals surface area contributed by atoms with E-state index in [1.807, 2.05) is 18.4 Å². The molecule has 0 saturated carbocycles. The summed E-state index contributed by atoms with van der Waals surface area (Å²) in [5.74, 6) is 0. The van der Waals surface area contributed by atoms with E-state index < -0.39 is 0 Å². The molecule has 1 N–H and O–H groups in total. The lowest BCUT2D eigenvalue weighted by atomic mass is 9.91. The largest absolute Gasteiger partial charge is 0.346 e. The predicted octanol–water partition coefficient (Wildman–Crippen LogP) is 3.78. The summed E-state index contributed by atoms with van der Waals surface area (Å²) in [6.07, 6.45) is 1.15. The second kappa shape index (κ2) is 6.71. The predicted molar refractivity (Wildman–Crippen MR) is 86.4 cm³/mol. The molecule has 0 radical (unpaired) electrons. The second-order valence-corrected chi connectivity index (χ2v) is 7.15. The number of anilines is 1. The smallest absolute Gasteiger partial charge is 0.186 e. The van der Waals surface area contributed by atoms with E-state index in [-0.39, 0.29) is 5.41 Å². The molecule has 110 valence electrons. The highest BCUT2D eigenvalue weighted by Crippen LogP contribution is 2.34. The maximum Gasteiger partial charge on any atom is 0.186 e. The lowest BCUT2D eigenvalue weighted by Crippen LogP contribution is -2.32. The topological polar surface area (TPSA) is 28.2 Å². The number of thiazole rings is 1. The van der Waals surface area contributed by atoms with Crippen molar-refractivity contribution in [2.45, 2.75) is 66.0 Å². The molecule has 0 saturated heterocycles. The molecule has 0 fully saturated rings. The SMILES string of the molecule is CCC(C)N(CC)c1nc(C(C)(C)C)c(CNC)s1. The highest BCUT2D eigenvalue weighted by molar-refractivity contribution is 7.15. The van der Waals surface area contributed by atoms with Crippen LogP contribution in [0.4, 0.5) is 5.13 Å². The molecule has 1 atom stereocenters. The number of aromatic nitrogens is 1. The molecule has 1 aromatic heterocycles. The highest BCUT2D eigenvalue weighted by atomic mass is 32.1. The van der Waals surface area contributed by atoms with Crippen molar-refractivity contribution < 1.29 is 0 Å². The van der Waals surface area contributed by atoms with Crippen molar-refractivity contribution in [3.8, 4) is 0 Å². The van der Waals surface area contributed by atoms with Crippen molar-refractivity contribution in [2.75, 3.05) is 18.5 Å². The van der Waals surface area contributed by atoms with E-state index in [0.29, 0.717) is 6.04 Å². The summed E-state index contributed by atoms with van der Waals surface area (Å²) in [4.78, 5) is 8.73. The number of rotatable bonds is 6. The molecule has 0 aromatic carbocycles. The number of hydrogen-bond acceptors (Lipinski definition) is 4. The molecule has 1 rings (SSSR count). The Balaban J connectivity index is 3.16. The second-order valence-electron chi connectivity index (χ2n) is 6.09. The zero-order chi connectivity index (χ0) is 14.6. The molecule has 3 nitrogen and oxygen atoms in total. The van der Waals surface area contributed by atoms with Crippen molar-refractivity contribution in [3.63, 3.8) is 0 Å². The van der Waals surface area contributed by atoms with Crippen molar-refractivity contribution in [1.82, 2.24) is 10.3 Å². The Bertz CT molecular complexity index is 393. The summed E-state index contributed by atoms with van der Waals surface area (Å²) < 4.78 is 0. The van der Waals surface area contributed by atoms with E-state index in [1.54, 1.807) is 0 Å². The van der Waals surface area contributed by atoms with Gasteiger partial charge in [0.05, 0.1) is 5.69 Å². The molecule has 0 spiro atoms. The van der Waals surface area contributed by atoms with E-state index in [1.165, 1.54) is 15.7 Å². The van der Waals surface area contributed by atoms with Crippen LogP contribution in [0.5, 0.6) is 0 Å². The number of hydrogen-bond donors (Lipinski definition) is 1. The molecule has 19 heavy (non-hydrogen) atoms. The van der Waals surface area contributed by atoms with Gasteiger partial charge in [0.15, 0.2) is 5.13 Å². The minimum absolute atomic E-state index is 0.107. The van der Waals surface area contributed by atoms with Crippen LogP contribution in [0, 0.1) is 0 Å². The fourth-order valence-electron chi connectivity index (χ4n) is 2.18. The Labute approximate surface area is 122 Å². The lowest BCUT2D eigenvalue weighted by molar-refractivity contribution is 0.559. The normalized spacial score (nSPS) is 13.6. The molecule has 0 aliphatic heterocycles. The van der Waals surface area contributed by atoms with E-state index in [0.717, 1.165) is 19.5 Å². The summed E-state index contributed by atoms with van der Waals surface area (Å²) in [5.41, 5.74) is 1.35. The maximum absolute atomic E-state index is 4.94. The van der Waals surface area contributed by atoms with Crippen LogP contribution in [0.15, 0.2) is 0 Å².